The molecular formula is C28H24N4. The van der Waals surface area contributed by atoms with E-state index in [1.807, 2.05) is 0 Å². The van der Waals surface area contributed by atoms with Gasteiger partial charge in [0.15, 0.2) is 5.82 Å². The average Bonchev–Trinajstić information content (AvgIpc) is 3.39. The molecule has 5 aromatic rings. The van der Waals surface area contributed by atoms with E-state index >= 15 is 0 Å². The molecule has 0 N–H and O–H groups in total. The topological polar surface area (TPSA) is 35.6 Å². The van der Waals surface area contributed by atoms with Gasteiger partial charge in [-0.05, 0) is 56.5 Å². The lowest BCUT2D eigenvalue weighted by Gasteiger charge is -2.15. The van der Waals surface area contributed by atoms with Gasteiger partial charge in [0.05, 0.1) is 16.9 Å². The smallest absolute Gasteiger partial charge is 0.241 e. The lowest BCUT2D eigenvalue weighted by atomic mass is 10.0. The van der Waals surface area contributed by atoms with E-state index in [1.165, 1.54) is 33.3 Å². The Morgan fingerprint density at radius 3 is 2.25 bits per heavy atom. The fourth-order valence-corrected chi connectivity index (χ4v) is 4.64. The molecule has 6 rings (SSSR count). The molecule has 1 aliphatic rings. The first-order valence-electron chi connectivity index (χ1n) is 11.1. The Morgan fingerprint density at radius 2 is 1.47 bits per heavy atom. The fraction of sp³-hybridized carbons (Fsp3) is 0.143. The molecule has 0 spiro atoms. The van der Waals surface area contributed by atoms with E-state index in [0.717, 1.165) is 35.9 Å². The Kier molecular flexibility index (Phi) is 4.32. The number of nitrogens with zero attached hydrogens (tertiary/aromatic N) is 4. The molecular weight excluding hydrogens is 392 g/mol. The van der Waals surface area contributed by atoms with E-state index in [4.69, 9.17) is 10.2 Å². The van der Waals surface area contributed by atoms with Crippen LogP contribution in [0.5, 0.6) is 0 Å². The SMILES string of the molecule is Cc1ccc(-c2nnc(-n3c4c(c5ccccc53)CCC=C4)n2-c2ccc(C)cc2)cc1. The maximum absolute atomic E-state index is 4.76. The van der Waals surface area contributed by atoms with Gasteiger partial charge < -0.3 is 0 Å². The van der Waals surface area contributed by atoms with Gasteiger partial charge in [0.1, 0.15) is 0 Å². The summed E-state index contributed by atoms with van der Waals surface area (Å²) in [6.07, 6.45) is 6.60. The molecule has 0 amide bonds. The van der Waals surface area contributed by atoms with Crippen molar-refractivity contribution in [1.82, 2.24) is 19.3 Å². The number of para-hydroxylation sites is 1. The minimum absolute atomic E-state index is 0.813. The second kappa shape index (κ2) is 7.34. The lowest BCUT2D eigenvalue weighted by Crippen LogP contribution is -2.09. The van der Waals surface area contributed by atoms with Crippen LogP contribution in [0.2, 0.25) is 0 Å². The molecule has 0 unspecified atom stereocenters. The first kappa shape index (κ1) is 18.8. The zero-order chi connectivity index (χ0) is 21.7. The van der Waals surface area contributed by atoms with Crippen molar-refractivity contribution >= 4 is 17.0 Å². The van der Waals surface area contributed by atoms with Gasteiger partial charge >= 0.3 is 0 Å². The molecule has 32 heavy (non-hydrogen) atoms. The molecule has 2 heterocycles. The fourth-order valence-electron chi connectivity index (χ4n) is 4.64. The Morgan fingerprint density at radius 1 is 0.750 bits per heavy atom. The zero-order valence-electron chi connectivity index (χ0n) is 18.3. The minimum Gasteiger partial charge on any atom is -0.278 e. The summed E-state index contributed by atoms with van der Waals surface area (Å²) in [5, 5.41) is 10.7. The van der Waals surface area contributed by atoms with Crippen LogP contribution in [0.25, 0.3) is 40.0 Å². The van der Waals surface area contributed by atoms with Crippen molar-refractivity contribution in [2.75, 3.05) is 0 Å². The highest BCUT2D eigenvalue weighted by molar-refractivity contribution is 5.90. The lowest BCUT2D eigenvalue weighted by molar-refractivity contribution is 0.885. The summed E-state index contributed by atoms with van der Waals surface area (Å²) >= 11 is 0. The zero-order valence-corrected chi connectivity index (χ0v) is 18.3. The van der Waals surface area contributed by atoms with E-state index in [9.17, 15) is 0 Å². The summed E-state index contributed by atoms with van der Waals surface area (Å²) < 4.78 is 4.45. The molecule has 0 aliphatic heterocycles. The molecule has 156 valence electrons. The maximum Gasteiger partial charge on any atom is 0.241 e. The van der Waals surface area contributed by atoms with Crippen molar-refractivity contribution in [3.8, 4) is 23.0 Å². The summed E-state index contributed by atoms with van der Waals surface area (Å²) in [6.45, 7) is 4.21. The van der Waals surface area contributed by atoms with Crippen LogP contribution in [0.3, 0.4) is 0 Å². The number of aromatic nitrogens is 4. The summed E-state index contributed by atoms with van der Waals surface area (Å²) in [7, 11) is 0. The standard InChI is InChI=1S/C28H24N4/c1-19-11-15-21(16-12-19)27-29-30-28(31(27)22-17-13-20(2)14-18-22)32-25-9-5-3-7-23(25)24-8-4-6-10-26(24)32/h3,5-7,9-18H,4,8H2,1-2H3. The molecule has 1 aliphatic carbocycles. The van der Waals surface area contributed by atoms with Crippen LogP contribution in [-0.2, 0) is 6.42 Å². The molecule has 0 radical (unpaired) electrons. The van der Waals surface area contributed by atoms with Crippen molar-refractivity contribution < 1.29 is 0 Å². The van der Waals surface area contributed by atoms with E-state index in [2.05, 4.69) is 108 Å². The number of allylic oxidation sites excluding steroid dienone is 1. The molecule has 4 nitrogen and oxygen atoms in total. The minimum atomic E-state index is 0.813. The Hall–Kier alpha value is -3.92. The number of rotatable bonds is 3. The third-order valence-corrected chi connectivity index (χ3v) is 6.30. The normalized spacial score (nSPS) is 12.9. The second-order valence-electron chi connectivity index (χ2n) is 8.52. The molecule has 4 heteroatoms. The van der Waals surface area contributed by atoms with E-state index in [0.29, 0.717) is 0 Å². The highest BCUT2D eigenvalue weighted by atomic mass is 15.4. The van der Waals surface area contributed by atoms with Crippen molar-refractivity contribution in [2.24, 2.45) is 0 Å². The van der Waals surface area contributed by atoms with Crippen molar-refractivity contribution in [2.45, 2.75) is 26.7 Å². The first-order valence-corrected chi connectivity index (χ1v) is 11.1. The summed E-state index contributed by atoms with van der Waals surface area (Å²) in [6, 6.07) is 25.7. The van der Waals surface area contributed by atoms with Gasteiger partial charge in [0, 0.05) is 10.9 Å². The van der Waals surface area contributed by atoms with Crippen molar-refractivity contribution in [1.29, 1.82) is 0 Å². The summed E-state index contributed by atoms with van der Waals surface area (Å²) in [5.74, 6) is 1.66. The molecule has 3 aromatic carbocycles. The highest BCUT2D eigenvalue weighted by Gasteiger charge is 2.24. The highest BCUT2D eigenvalue weighted by Crippen LogP contribution is 2.35. The van der Waals surface area contributed by atoms with Crippen molar-refractivity contribution in [3.05, 3.63) is 101 Å². The van der Waals surface area contributed by atoms with Gasteiger partial charge in [-0.2, -0.15) is 0 Å². The number of fused-ring (bicyclic) bond motifs is 3. The summed E-state index contributed by atoms with van der Waals surface area (Å²) in [5.41, 5.74) is 8.32. The van der Waals surface area contributed by atoms with Gasteiger partial charge in [-0.25, -0.2) is 0 Å². The van der Waals surface area contributed by atoms with E-state index < -0.39 is 0 Å². The quantitative estimate of drug-likeness (QED) is 0.339. The maximum atomic E-state index is 4.76. The molecule has 0 bridgehead atoms. The number of benzene rings is 3. The Labute approximate surface area is 187 Å². The number of hydrogen-bond acceptors (Lipinski definition) is 2. The predicted octanol–water partition coefficient (Wildman–Crippen LogP) is 6.45. The molecule has 0 atom stereocenters. The van der Waals surface area contributed by atoms with Crippen LogP contribution in [0, 0.1) is 13.8 Å². The number of aryl methyl sites for hydroxylation is 3. The van der Waals surface area contributed by atoms with Crippen LogP contribution >= 0.6 is 0 Å². The number of hydrogen-bond donors (Lipinski definition) is 0. The van der Waals surface area contributed by atoms with Gasteiger partial charge in [0.25, 0.3) is 0 Å². The Balaban J connectivity index is 1.68. The van der Waals surface area contributed by atoms with Crippen LogP contribution in [0.15, 0.2) is 78.9 Å². The monoisotopic (exact) mass is 416 g/mol. The Bertz CT molecular complexity index is 1460. The van der Waals surface area contributed by atoms with Crippen LogP contribution < -0.4 is 0 Å². The van der Waals surface area contributed by atoms with Gasteiger partial charge in [-0.1, -0.05) is 71.8 Å². The predicted molar refractivity (Wildman–Crippen MR) is 130 cm³/mol. The third-order valence-electron chi connectivity index (χ3n) is 6.30. The first-order chi connectivity index (χ1) is 15.7. The third kappa shape index (κ3) is 2.91. The molecule has 0 saturated heterocycles. The second-order valence-corrected chi connectivity index (χ2v) is 8.52. The van der Waals surface area contributed by atoms with Crippen molar-refractivity contribution in [3.63, 3.8) is 0 Å². The molecule has 2 aromatic heterocycles. The molecule has 0 saturated carbocycles. The van der Waals surface area contributed by atoms with Gasteiger partial charge in [0.2, 0.25) is 5.95 Å². The largest absolute Gasteiger partial charge is 0.278 e. The summed E-state index contributed by atoms with van der Waals surface area (Å²) in [4.78, 5) is 0. The van der Waals surface area contributed by atoms with Gasteiger partial charge in [-0.15, -0.1) is 10.2 Å². The van der Waals surface area contributed by atoms with Crippen LogP contribution in [0.1, 0.15) is 28.8 Å². The van der Waals surface area contributed by atoms with Crippen LogP contribution in [0.4, 0.5) is 0 Å². The molecule has 0 fully saturated rings. The van der Waals surface area contributed by atoms with E-state index in [-0.39, 0.29) is 0 Å². The van der Waals surface area contributed by atoms with Gasteiger partial charge in [-0.3, -0.25) is 9.13 Å². The average molecular weight is 417 g/mol. The van der Waals surface area contributed by atoms with Crippen LogP contribution in [-0.4, -0.2) is 19.3 Å². The van der Waals surface area contributed by atoms with E-state index in [1.54, 1.807) is 0 Å².